The number of aromatic nitrogens is 1. The fourth-order valence-corrected chi connectivity index (χ4v) is 4.16. The summed E-state index contributed by atoms with van der Waals surface area (Å²) in [7, 11) is 0. The highest BCUT2D eigenvalue weighted by Crippen LogP contribution is 2.25. The quantitative estimate of drug-likeness (QED) is 0.836. The fraction of sp³-hybridized carbons (Fsp3) is 0.750. The Morgan fingerprint density at radius 2 is 1.77 bits per heavy atom. The van der Waals surface area contributed by atoms with E-state index in [1.54, 1.807) is 0 Å². The molecule has 2 saturated carbocycles. The first kappa shape index (κ1) is 18.9. The monoisotopic (exact) mass is 361 g/mol. The molecule has 1 aromatic heterocycles. The summed E-state index contributed by atoms with van der Waals surface area (Å²) in [5, 5.41) is 3.06. The number of carbonyl (C=O) groups excluding carboxylic acids is 2. The zero-order valence-corrected chi connectivity index (χ0v) is 15.8. The van der Waals surface area contributed by atoms with Gasteiger partial charge in [-0.15, -0.1) is 0 Å². The lowest BCUT2D eigenvalue weighted by Gasteiger charge is -2.33. The van der Waals surface area contributed by atoms with Crippen molar-refractivity contribution in [2.24, 2.45) is 0 Å². The topological polar surface area (TPSA) is 75.4 Å². The smallest absolute Gasteiger partial charge is 0.273 e. The zero-order chi connectivity index (χ0) is 18.4. The van der Waals surface area contributed by atoms with E-state index in [-0.39, 0.29) is 23.9 Å². The molecule has 3 rings (SSSR count). The van der Waals surface area contributed by atoms with Gasteiger partial charge in [0.05, 0.1) is 6.54 Å². The number of rotatable bonds is 6. The normalized spacial score (nSPS) is 19.3. The minimum absolute atomic E-state index is 0.128. The van der Waals surface area contributed by atoms with Gasteiger partial charge in [-0.1, -0.05) is 45.4 Å². The first-order valence-electron chi connectivity index (χ1n) is 10.2. The molecule has 6 nitrogen and oxygen atoms in total. The van der Waals surface area contributed by atoms with Crippen molar-refractivity contribution in [3.63, 3.8) is 0 Å². The van der Waals surface area contributed by atoms with Crippen LogP contribution in [0.15, 0.2) is 10.7 Å². The van der Waals surface area contributed by atoms with Gasteiger partial charge in [0, 0.05) is 18.5 Å². The maximum Gasteiger partial charge on any atom is 0.273 e. The molecule has 0 atom stereocenters. The summed E-state index contributed by atoms with van der Waals surface area (Å²) in [6.45, 7) is 2.24. The number of carbonyl (C=O) groups is 2. The summed E-state index contributed by atoms with van der Waals surface area (Å²) in [5.41, 5.74) is 0.318. The lowest BCUT2D eigenvalue weighted by molar-refractivity contribution is -0.135. The average molecular weight is 361 g/mol. The lowest BCUT2D eigenvalue weighted by atomic mass is 9.94. The summed E-state index contributed by atoms with van der Waals surface area (Å²) >= 11 is 0. The van der Waals surface area contributed by atoms with Crippen LogP contribution >= 0.6 is 0 Å². The van der Waals surface area contributed by atoms with Gasteiger partial charge in [0.25, 0.3) is 5.91 Å². The molecule has 0 radical (unpaired) electrons. The van der Waals surface area contributed by atoms with Crippen molar-refractivity contribution in [2.75, 3.05) is 0 Å². The molecule has 1 N–H and O–H groups in total. The average Bonchev–Trinajstić information content (AvgIpc) is 3.16. The predicted octanol–water partition coefficient (Wildman–Crippen LogP) is 3.81. The Balaban J connectivity index is 1.61. The maximum absolute atomic E-state index is 12.4. The van der Waals surface area contributed by atoms with Crippen molar-refractivity contribution < 1.29 is 14.0 Å². The molecular weight excluding hydrogens is 330 g/mol. The summed E-state index contributed by atoms with van der Waals surface area (Å²) < 4.78 is 5.53. The molecule has 2 fully saturated rings. The van der Waals surface area contributed by atoms with Crippen LogP contribution in [0.5, 0.6) is 0 Å². The Kier molecular flexibility index (Phi) is 6.69. The third kappa shape index (κ3) is 4.86. The Bertz CT molecular complexity index is 601. The second-order valence-electron chi connectivity index (χ2n) is 7.60. The molecule has 2 amide bonds. The molecule has 144 valence electrons. The molecule has 0 aromatic carbocycles. The number of hydrogen-bond acceptors (Lipinski definition) is 4. The van der Waals surface area contributed by atoms with Gasteiger partial charge < -0.3 is 14.6 Å². The second kappa shape index (κ2) is 9.19. The van der Waals surface area contributed by atoms with Gasteiger partial charge in [-0.25, -0.2) is 4.98 Å². The van der Waals surface area contributed by atoms with Crippen LogP contribution in [0.1, 0.15) is 93.9 Å². The van der Waals surface area contributed by atoms with Crippen molar-refractivity contribution in [1.82, 2.24) is 15.2 Å². The highest BCUT2D eigenvalue weighted by atomic mass is 16.3. The largest absolute Gasteiger partial charge is 0.446 e. The van der Waals surface area contributed by atoms with E-state index in [9.17, 15) is 9.59 Å². The van der Waals surface area contributed by atoms with Crippen molar-refractivity contribution >= 4 is 11.8 Å². The Labute approximate surface area is 155 Å². The van der Waals surface area contributed by atoms with Gasteiger partial charge in [-0.3, -0.25) is 9.59 Å². The Morgan fingerprint density at radius 1 is 1.12 bits per heavy atom. The van der Waals surface area contributed by atoms with E-state index in [4.69, 9.17) is 4.42 Å². The zero-order valence-electron chi connectivity index (χ0n) is 15.8. The molecule has 1 aromatic rings. The van der Waals surface area contributed by atoms with Crippen molar-refractivity contribution in [1.29, 1.82) is 0 Å². The molecule has 0 saturated heterocycles. The van der Waals surface area contributed by atoms with Gasteiger partial charge in [0.1, 0.15) is 6.26 Å². The first-order valence-corrected chi connectivity index (χ1v) is 10.2. The Morgan fingerprint density at radius 3 is 2.42 bits per heavy atom. The van der Waals surface area contributed by atoms with E-state index < -0.39 is 0 Å². The molecule has 0 aliphatic heterocycles. The lowest BCUT2D eigenvalue weighted by Crippen LogP contribution is -2.40. The van der Waals surface area contributed by atoms with E-state index >= 15 is 0 Å². The highest BCUT2D eigenvalue weighted by molar-refractivity contribution is 5.92. The third-order valence-electron chi connectivity index (χ3n) is 5.67. The van der Waals surface area contributed by atoms with Crippen LogP contribution in [0.4, 0.5) is 0 Å². The standard InChI is InChI=1S/C20H31N3O3/c1-2-19(24)23(16-11-7-4-8-12-16)13-18-22-17(14-26-18)20(25)21-15-9-5-3-6-10-15/h14-16H,2-13H2,1H3,(H,21,25). The minimum atomic E-state index is -0.169. The van der Waals surface area contributed by atoms with Crippen molar-refractivity contribution in [3.8, 4) is 0 Å². The van der Waals surface area contributed by atoms with Crippen molar-refractivity contribution in [2.45, 2.75) is 96.2 Å². The number of hydrogen-bond donors (Lipinski definition) is 1. The first-order chi connectivity index (χ1) is 12.7. The highest BCUT2D eigenvalue weighted by Gasteiger charge is 2.26. The van der Waals surface area contributed by atoms with Crippen LogP contribution < -0.4 is 5.32 Å². The molecule has 26 heavy (non-hydrogen) atoms. The van der Waals surface area contributed by atoms with Gasteiger partial charge >= 0.3 is 0 Å². The number of amides is 2. The van der Waals surface area contributed by atoms with Crippen LogP contribution in [0, 0.1) is 0 Å². The van der Waals surface area contributed by atoms with Gasteiger partial charge in [0.15, 0.2) is 5.69 Å². The number of nitrogens with one attached hydrogen (secondary N) is 1. The third-order valence-corrected chi connectivity index (χ3v) is 5.67. The molecule has 0 spiro atoms. The van der Waals surface area contributed by atoms with Gasteiger partial charge in [0.2, 0.25) is 11.8 Å². The predicted molar refractivity (Wildman–Crippen MR) is 98.6 cm³/mol. The molecule has 2 aliphatic rings. The number of oxazole rings is 1. The van der Waals surface area contributed by atoms with Gasteiger partial charge in [-0.2, -0.15) is 0 Å². The van der Waals surface area contributed by atoms with Gasteiger partial charge in [-0.05, 0) is 25.7 Å². The maximum atomic E-state index is 12.4. The Hall–Kier alpha value is -1.85. The molecule has 6 heteroatoms. The molecule has 2 aliphatic carbocycles. The van der Waals surface area contributed by atoms with E-state index in [1.807, 2.05) is 11.8 Å². The van der Waals surface area contributed by atoms with Crippen LogP contribution in [-0.4, -0.2) is 33.8 Å². The van der Waals surface area contributed by atoms with Crippen LogP contribution in [0.25, 0.3) is 0 Å². The summed E-state index contributed by atoms with van der Waals surface area (Å²) in [6.07, 6.45) is 13.2. The summed E-state index contributed by atoms with van der Waals surface area (Å²) in [6, 6.07) is 0.513. The van der Waals surface area contributed by atoms with E-state index in [0.717, 1.165) is 25.7 Å². The fourth-order valence-electron chi connectivity index (χ4n) is 4.16. The minimum Gasteiger partial charge on any atom is -0.446 e. The van der Waals surface area contributed by atoms with E-state index in [1.165, 1.54) is 44.8 Å². The SMILES string of the molecule is CCC(=O)N(Cc1nc(C(=O)NC2CCCCC2)co1)C1CCCCC1. The second-order valence-corrected chi connectivity index (χ2v) is 7.60. The van der Waals surface area contributed by atoms with Crippen LogP contribution in [0.3, 0.4) is 0 Å². The molecule has 0 unspecified atom stereocenters. The van der Waals surface area contributed by atoms with E-state index in [2.05, 4.69) is 10.3 Å². The summed E-state index contributed by atoms with van der Waals surface area (Å²) in [5.74, 6) is 0.410. The summed E-state index contributed by atoms with van der Waals surface area (Å²) in [4.78, 5) is 31.0. The van der Waals surface area contributed by atoms with E-state index in [0.29, 0.717) is 24.6 Å². The molecule has 1 heterocycles. The number of nitrogens with zero attached hydrogens (tertiary/aromatic N) is 2. The van der Waals surface area contributed by atoms with Crippen LogP contribution in [0.2, 0.25) is 0 Å². The molecule has 0 bridgehead atoms. The molecular formula is C20H31N3O3. The van der Waals surface area contributed by atoms with Crippen LogP contribution in [-0.2, 0) is 11.3 Å². The van der Waals surface area contributed by atoms with Crippen molar-refractivity contribution in [3.05, 3.63) is 17.8 Å².